The van der Waals surface area contributed by atoms with Crippen molar-refractivity contribution in [3.05, 3.63) is 58.4 Å². The van der Waals surface area contributed by atoms with Crippen LogP contribution in [0.1, 0.15) is 58.4 Å². The summed E-state index contributed by atoms with van der Waals surface area (Å²) in [5.74, 6) is -0.190. The monoisotopic (exact) mass is 325 g/mol. The van der Waals surface area contributed by atoms with Crippen LogP contribution in [0.2, 0.25) is 0 Å². The molecule has 1 aliphatic heterocycles. The maximum Gasteiger partial charge on any atom is 0.336 e. The molecular formula is C21H27NO2. The molecule has 0 saturated heterocycles. The predicted octanol–water partition coefficient (Wildman–Crippen LogP) is 4.67. The number of allylic oxidation sites excluding steroid dienone is 3. The molecule has 0 spiro atoms. The van der Waals surface area contributed by atoms with Crippen molar-refractivity contribution in [3.63, 3.8) is 0 Å². The van der Waals surface area contributed by atoms with Crippen LogP contribution in [0.15, 0.2) is 52.9 Å². The minimum Gasteiger partial charge on any atom is -0.463 e. The second-order valence-corrected chi connectivity index (χ2v) is 7.57. The number of hydrogen-bond donors (Lipinski definition) is 1. The van der Waals surface area contributed by atoms with E-state index >= 15 is 0 Å². The highest BCUT2D eigenvalue weighted by Gasteiger charge is 2.38. The summed E-state index contributed by atoms with van der Waals surface area (Å²) < 4.78 is 5.36. The van der Waals surface area contributed by atoms with Crippen molar-refractivity contribution >= 4 is 5.97 Å². The molecule has 0 aromatic heterocycles. The second-order valence-electron chi connectivity index (χ2n) is 7.57. The molecule has 1 aromatic carbocycles. The minimum atomic E-state index is -0.201. The fourth-order valence-electron chi connectivity index (χ4n) is 3.92. The quantitative estimate of drug-likeness (QED) is 0.820. The average molecular weight is 325 g/mol. The van der Waals surface area contributed by atoms with Crippen molar-refractivity contribution in [1.82, 2.24) is 5.32 Å². The Labute approximate surface area is 144 Å². The number of carbonyl (C=O) groups excluding carboxylic acids is 1. The lowest BCUT2D eigenvalue weighted by atomic mass is 9.69. The van der Waals surface area contributed by atoms with E-state index in [1.165, 1.54) is 16.8 Å². The minimum absolute atomic E-state index is 0.0117. The van der Waals surface area contributed by atoms with E-state index in [-0.39, 0.29) is 11.9 Å². The third kappa shape index (κ3) is 3.12. The molecule has 0 saturated carbocycles. The van der Waals surface area contributed by atoms with Gasteiger partial charge in [-0.3, -0.25) is 0 Å². The SMILES string of the molecule is CCOC(=O)C1=C(C)NC2=C(CCC(C)(C)C2)C1c1ccccc1. The van der Waals surface area contributed by atoms with Crippen LogP contribution in [0, 0.1) is 5.41 Å². The summed E-state index contributed by atoms with van der Waals surface area (Å²) >= 11 is 0. The molecule has 1 N–H and O–H groups in total. The van der Waals surface area contributed by atoms with E-state index in [2.05, 4.69) is 31.3 Å². The smallest absolute Gasteiger partial charge is 0.336 e. The van der Waals surface area contributed by atoms with Crippen LogP contribution >= 0.6 is 0 Å². The molecule has 0 amide bonds. The standard InChI is InChI=1S/C21H27NO2/c1-5-24-20(23)18-14(2)22-17-13-21(3,4)12-11-16(17)19(18)15-9-7-6-8-10-15/h6-10,19,22H,5,11-13H2,1-4H3. The highest BCUT2D eigenvalue weighted by atomic mass is 16.5. The van der Waals surface area contributed by atoms with Crippen LogP contribution in [-0.4, -0.2) is 12.6 Å². The van der Waals surface area contributed by atoms with E-state index in [1.807, 2.05) is 32.0 Å². The average Bonchev–Trinajstić information content (AvgIpc) is 2.53. The molecule has 1 atom stereocenters. The highest BCUT2D eigenvalue weighted by Crippen LogP contribution is 2.48. The van der Waals surface area contributed by atoms with Crippen LogP contribution in [0.3, 0.4) is 0 Å². The Morgan fingerprint density at radius 2 is 2.00 bits per heavy atom. The summed E-state index contributed by atoms with van der Waals surface area (Å²) in [4.78, 5) is 12.7. The first-order valence-electron chi connectivity index (χ1n) is 8.84. The Morgan fingerprint density at radius 1 is 1.29 bits per heavy atom. The number of hydrogen-bond acceptors (Lipinski definition) is 3. The third-order valence-corrected chi connectivity index (χ3v) is 5.12. The zero-order chi connectivity index (χ0) is 17.3. The van der Waals surface area contributed by atoms with Gasteiger partial charge in [-0.1, -0.05) is 44.2 Å². The Hall–Kier alpha value is -2.03. The van der Waals surface area contributed by atoms with Gasteiger partial charge in [-0.05, 0) is 49.7 Å². The molecule has 24 heavy (non-hydrogen) atoms. The fourth-order valence-corrected chi connectivity index (χ4v) is 3.92. The Bertz CT molecular complexity index is 698. The van der Waals surface area contributed by atoms with E-state index in [9.17, 15) is 4.79 Å². The first-order chi connectivity index (χ1) is 11.4. The zero-order valence-electron chi connectivity index (χ0n) is 15.1. The normalized spacial score (nSPS) is 22.8. The van der Waals surface area contributed by atoms with Crippen LogP contribution in [0.25, 0.3) is 0 Å². The van der Waals surface area contributed by atoms with Gasteiger partial charge in [-0.15, -0.1) is 0 Å². The first-order valence-corrected chi connectivity index (χ1v) is 8.84. The Kier molecular flexibility index (Phi) is 4.53. The molecule has 3 heteroatoms. The number of esters is 1. The molecule has 1 unspecified atom stereocenters. The molecule has 1 aromatic rings. The summed E-state index contributed by atoms with van der Waals surface area (Å²) in [5.41, 5.74) is 5.82. The van der Waals surface area contributed by atoms with E-state index in [0.717, 1.165) is 30.5 Å². The van der Waals surface area contributed by atoms with Gasteiger partial charge < -0.3 is 10.1 Å². The fraction of sp³-hybridized carbons (Fsp3) is 0.476. The number of benzene rings is 1. The van der Waals surface area contributed by atoms with Crippen molar-refractivity contribution in [2.24, 2.45) is 5.41 Å². The maximum atomic E-state index is 12.7. The molecule has 0 radical (unpaired) electrons. The molecule has 3 nitrogen and oxygen atoms in total. The van der Waals surface area contributed by atoms with Gasteiger partial charge in [-0.25, -0.2) is 4.79 Å². The first kappa shape index (κ1) is 16.8. The number of rotatable bonds is 3. The lowest BCUT2D eigenvalue weighted by molar-refractivity contribution is -0.138. The van der Waals surface area contributed by atoms with Crippen molar-refractivity contribution in [3.8, 4) is 0 Å². The number of carbonyl (C=O) groups is 1. The lowest BCUT2D eigenvalue weighted by Gasteiger charge is -2.40. The zero-order valence-corrected chi connectivity index (χ0v) is 15.1. The summed E-state index contributed by atoms with van der Waals surface area (Å²) in [5, 5.41) is 3.52. The molecular weight excluding hydrogens is 298 g/mol. The van der Waals surface area contributed by atoms with Crippen molar-refractivity contribution in [2.75, 3.05) is 6.61 Å². The maximum absolute atomic E-state index is 12.7. The van der Waals surface area contributed by atoms with E-state index in [1.54, 1.807) is 0 Å². The Morgan fingerprint density at radius 3 is 2.67 bits per heavy atom. The van der Waals surface area contributed by atoms with Gasteiger partial charge >= 0.3 is 5.97 Å². The van der Waals surface area contributed by atoms with E-state index < -0.39 is 0 Å². The van der Waals surface area contributed by atoms with Gasteiger partial charge in [0, 0.05) is 17.3 Å². The summed E-state index contributed by atoms with van der Waals surface area (Å²) in [6, 6.07) is 10.3. The highest BCUT2D eigenvalue weighted by molar-refractivity contribution is 5.92. The van der Waals surface area contributed by atoms with Gasteiger partial charge in [0.1, 0.15) is 0 Å². The summed E-state index contributed by atoms with van der Waals surface area (Å²) in [6.07, 6.45) is 3.19. The second kappa shape index (κ2) is 6.46. The van der Waals surface area contributed by atoms with Gasteiger partial charge in [-0.2, -0.15) is 0 Å². The van der Waals surface area contributed by atoms with Gasteiger partial charge in [0.25, 0.3) is 0 Å². The van der Waals surface area contributed by atoms with Crippen LogP contribution in [0.5, 0.6) is 0 Å². The molecule has 1 aliphatic carbocycles. The molecule has 128 valence electrons. The van der Waals surface area contributed by atoms with Gasteiger partial charge in [0.2, 0.25) is 0 Å². The van der Waals surface area contributed by atoms with E-state index in [4.69, 9.17) is 4.74 Å². The van der Waals surface area contributed by atoms with Gasteiger partial charge in [0.15, 0.2) is 0 Å². The molecule has 2 aliphatic rings. The molecule has 1 heterocycles. The Balaban J connectivity index is 2.09. The number of nitrogens with one attached hydrogen (secondary N) is 1. The van der Waals surface area contributed by atoms with Crippen LogP contribution < -0.4 is 5.32 Å². The number of ether oxygens (including phenoxy) is 1. The summed E-state index contributed by atoms with van der Waals surface area (Å²) in [6.45, 7) is 8.88. The third-order valence-electron chi connectivity index (χ3n) is 5.12. The van der Waals surface area contributed by atoms with Crippen LogP contribution in [-0.2, 0) is 9.53 Å². The molecule has 0 bridgehead atoms. The van der Waals surface area contributed by atoms with Crippen LogP contribution in [0.4, 0.5) is 0 Å². The predicted molar refractivity (Wildman–Crippen MR) is 96.3 cm³/mol. The molecule has 3 rings (SSSR count). The molecule has 0 fully saturated rings. The summed E-state index contributed by atoms with van der Waals surface area (Å²) in [7, 11) is 0. The van der Waals surface area contributed by atoms with E-state index in [0.29, 0.717) is 12.0 Å². The van der Waals surface area contributed by atoms with Gasteiger partial charge in [0.05, 0.1) is 12.2 Å². The largest absolute Gasteiger partial charge is 0.463 e. The van der Waals surface area contributed by atoms with Crippen molar-refractivity contribution < 1.29 is 9.53 Å². The lowest BCUT2D eigenvalue weighted by Crippen LogP contribution is -2.34. The van der Waals surface area contributed by atoms with Crippen molar-refractivity contribution in [2.45, 2.75) is 52.9 Å². The van der Waals surface area contributed by atoms with Crippen molar-refractivity contribution in [1.29, 1.82) is 0 Å². The topological polar surface area (TPSA) is 38.3 Å². The number of dihydropyridines is 1.